The van der Waals surface area contributed by atoms with E-state index in [1.165, 1.54) is 12.8 Å². The van der Waals surface area contributed by atoms with Gasteiger partial charge in [0, 0.05) is 0 Å². The van der Waals surface area contributed by atoms with Crippen LogP contribution in [0.1, 0.15) is 40.5 Å². The van der Waals surface area contributed by atoms with Crippen LogP contribution < -0.4 is 0 Å². The number of allylic oxidation sites excluding steroid dienone is 1. The van der Waals surface area contributed by atoms with Gasteiger partial charge in [-0.1, -0.05) is 46.6 Å². The number of hydrogen-bond acceptors (Lipinski definition) is 0. The molecule has 0 fully saturated rings. The first-order valence-electron chi connectivity index (χ1n) is 4.76. The van der Waals surface area contributed by atoms with Crippen LogP contribution in [0.4, 0.5) is 0 Å². The Morgan fingerprint density at radius 3 is 2.18 bits per heavy atom. The Kier molecular flexibility index (Phi) is 5.27. The second-order valence-electron chi connectivity index (χ2n) is 3.72. The fourth-order valence-corrected chi connectivity index (χ4v) is 1.45. The molecule has 0 heterocycles. The van der Waals surface area contributed by atoms with Crippen LogP contribution in [0.25, 0.3) is 0 Å². The third kappa shape index (κ3) is 3.60. The first-order valence-corrected chi connectivity index (χ1v) is 4.76. The molecule has 0 aliphatic rings. The molecule has 0 amide bonds. The molecule has 0 N–H and O–H groups in total. The minimum absolute atomic E-state index is 0.663. The maximum atomic E-state index is 3.82. The summed E-state index contributed by atoms with van der Waals surface area (Å²) in [4.78, 5) is 0. The molecule has 0 heteroatoms. The standard InChI is InChI=1S/C11H22/c1-6-8-10(4)11(5)9(3)7-2/h7,9-11H,2,6,8H2,1,3-5H3. The molecule has 0 aliphatic carbocycles. The maximum absolute atomic E-state index is 3.82. The molecule has 0 aromatic heterocycles. The van der Waals surface area contributed by atoms with Gasteiger partial charge in [0.25, 0.3) is 0 Å². The molecule has 0 rings (SSSR count). The Bertz CT molecular complexity index is 105. The molecule has 0 saturated carbocycles. The Morgan fingerprint density at radius 1 is 1.27 bits per heavy atom. The highest BCUT2D eigenvalue weighted by Crippen LogP contribution is 2.24. The fraction of sp³-hybridized carbons (Fsp3) is 0.818. The Labute approximate surface area is 71.7 Å². The van der Waals surface area contributed by atoms with Crippen molar-refractivity contribution < 1.29 is 0 Å². The highest BCUT2D eigenvalue weighted by atomic mass is 14.2. The van der Waals surface area contributed by atoms with Crippen molar-refractivity contribution in [1.29, 1.82) is 0 Å². The highest BCUT2D eigenvalue weighted by molar-refractivity contribution is 4.81. The van der Waals surface area contributed by atoms with Crippen molar-refractivity contribution in [2.75, 3.05) is 0 Å². The number of hydrogen-bond donors (Lipinski definition) is 0. The molecular weight excluding hydrogens is 132 g/mol. The van der Waals surface area contributed by atoms with Gasteiger partial charge in [0.2, 0.25) is 0 Å². The molecule has 0 aliphatic heterocycles. The van der Waals surface area contributed by atoms with Gasteiger partial charge in [0.15, 0.2) is 0 Å². The van der Waals surface area contributed by atoms with Crippen LogP contribution >= 0.6 is 0 Å². The van der Waals surface area contributed by atoms with E-state index in [-0.39, 0.29) is 0 Å². The number of rotatable bonds is 5. The molecule has 0 aromatic rings. The zero-order chi connectivity index (χ0) is 8.85. The van der Waals surface area contributed by atoms with Crippen LogP contribution in [-0.2, 0) is 0 Å². The van der Waals surface area contributed by atoms with Crippen LogP contribution in [0.15, 0.2) is 12.7 Å². The summed E-state index contributed by atoms with van der Waals surface area (Å²) in [6.07, 6.45) is 4.71. The minimum Gasteiger partial charge on any atom is -0.103 e. The average Bonchev–Trinajstić information content (AvgIpc) is 2.02. The van der Waals surface area contributed by atoms with Crippen LogP contribution in [0, 0.1) is 17.8 Å². The summed E-state index contributed by atoms with van der Waals surface area (Å²) in [5.41, 5.74) is 0. The van der Waals surface area contributed by atoms with Crippen LogP contribution in [0.5, 0.6) is 0 Å². The van der Waals surface area contributed by atoms with Gasteiger partial charge in [0.1, 0.15) is 0 Å². The van der Waals surface area contributed by atoms with E-state index < -0.39 is 0 Å². The van der Waals surface area contributed by atoms with Crippen molar-refractivity contribution in [3.05, 3.63) is 12.7 Å². The van der Waals surface area contributed by atoms with Crippen LogP contribution in [0.3, 0.4) is 0 Å². The summed E-state index contributed by atoms with van der Waals surface area (Å²) >= 11 is 0. The molecule has 0 saturated heterocycles. The van der Waals surface area contributed by atoms with E-state index in [1.54, 1.807) is 0 Å². The summed E-state index contributed by atoms with van der Waals surface area (Å²) in [5.74, 6) is 2.29. The highest BCUT2D eigenvalue weighted by Gasteiger charge is 2.15. The zero-order valence-electron chi connectivity index (χ0n) is 8.43. The molecule has 11 heavy (non-hydrogen) atoms. The van der Waals surface area contributed by atoms with E-state index in [0.29, 0.717) is 5.92 Å². The van der Waals surface area contributed by atoms with E-state index in [9.17, 15) is 0 Å². The van der Waals surface area contributed by atoms with Crippen molar-refractivity contribution in [3.8, 4) is 0 Å². The predicted molar refractivity (Wildman–Crippen MR) is 52.6 cm³/mol. The lowest BCUT2D eigenvalue weighted by atomic mass is 9.83. The van der Waals surface area contributed by atoms with Gasteiger partial charge in [-0.15, -0.1) is 6.58 Å². The molecule has 0 nitrogen and oxygen atoms in total. The van der Waals surface area contributed by atoms with Gasteiger partial charge in [0.05, 0.1) is 0 Å². The molecule has 0 aromatic carbocycles. The van der Waals surface area contributed by atoms with Crippen molar-refractivity contribution in [3.63, 3.8) is 0 Å². The van der Waals surface area contributed by atoms with Gasteiger partial charge in [-0.3, -0.25) is 0 Å². The van der Waals surface area contributed by atoms with E-state index in [1.807, 2.05) is 0 Å². The Hall–Kier alpha value is -0.260. The van der Waals surface area contributed by atoms with E-state index in [2.05, 4.69) is 40.3 Å². The van der Waals surface area contributed by atoms with Crippen LogP contribution in [-0.4, -0.2) is 0 Å². The predicted octanol–water partition coefficient (Wildman–Crippen LogP) is 3.88. The summed E-state index contributed by atoms with van der Waals surface area (Å²) < 4.78 is 0. The fourth-order valence-electron chi connectivity index (χ4n) is 1.45. The molecular formula is C11H22. The smallest absolute Gasteiger partial charge is 0.0236 e. The van der Waals surface area contributed by atoms with Gasteiger partial charge in [-0.05, 0) is 17.8 Å². The second kappa shape index (κ2) is 5.40. The summed E-state index contributed by atoms with van der Waals surface area (Å²) in [6, 6.07) is 0. The summed E-state index contributed by atoms with van der Waals surface area (Å²) in [6.45, 7) is 13.0. The zero-order valence-corrected chi connectivity index (χ0v) is 8.43. The third-order valence-corrected chi connectivity index (χ3v) is 2.84. The lowest BCUT2D eigenvalue weighted by Gasteiger charge is -2.23. The summed E-state index contributed by atoms with van der Waals surface area (Å²) in [7, 11) is 0. The molecule has 0 spiro atoms. The normalized spacial score (nSPS) is 18.9. The first kappa shape index (κ1) is 10.7. The second-order valence-corrected chi connectivity index (χ2v) is 3.72. The van der Waals surface area contributed by atoms with Gasteiger partial charge in [-0.25, -0.2) is 0 Å². The minimum atomic E-state index is 0.663. The van der Waals surface area contributed by atoms with Crippen LogP contribution in [0.2, 0.25) is 0 Å². The van der Waals surface area contributed by atoms with E-state index >= 15 is 0 Å². The monoisotopic (exact) mass is 154 g/mol. The molecule has 0 radical (unpaired) electrons. The Morgan fingerprint density at radius 2 is 1.82 bits per heavy atom. The van der Waals surface area contributed by atoms with E-state index in [4.69, 9.17) is 0 Å². The van der Waals surface area contributed by atoms with Crippen molar-refractivity contribution in [2.45, 2.75) is 40.5 Å². The molecule has 3 atom stereocenters. The molecule has 3 unspecified atom stereocenters. The van der Waals surface area contributed by atoms with Gasteiger partial charge in [-0.2, -0.15) is 0 Å². The third-order valence-electron chi connectivity index (χ3n) is 2.84. The van der Waals surface area contributed by atoms with Gasteiger partial charge >= 0.3 is 0 Å². The quantitative estimate of drug-likeness (QED) is 0.527. The van der Waals surface area contributed by atoms with Crippen molar-refractivity contribution in [2.24, 2.45) is 17.8 Å². The molecule has 66 valence electrons. The van der Waals surface area contributed by atoms with Crippen molar-refractivity contribution >= 4 is 0 Å². The van der Waals surface area contributed by atoms with Crippen molar-refractivity contribution in [1.82, 2.24) is 0 Å². The lowest BCUT2D eigenvalue weighted by Crippen LogP contribution is -2.14. The average molecular weight is 154 g/mol. The van der Waals surface area contributed by atoms with E-state index in [0.717, 1.165) is 11.8 Å². The lowest BCUT2D eigenvalue weighted by molar-refractivity contribution is 0.302. The largest absolute Gasteiger partial charge is 0.103 e. The first-order chi connectivity index (χ1) is 5.13. The SMILES string of the molecule is C=CC(C)C(C)C(C)CCC. The topological polar surface area (TPSA) is 0 Å². The summed E-state index contributed by atoms with van der Waals surface area (Å²) in [5, 5.41) is 0. The van der Waals surface area contributed by atoms with Gasteiger partial charge < -0.3 is 0 Å². The molecule has 0 bridgehead atoms. The maximum Gasteiger partial charge on any atom is -0.0236 e. The Balaban J connectivity index is 3.79.